The molecule has 1 atom stereocenters. The van der Waals surface area contributed by atoms with Crippen LogP contribution < -0.4 is 4.74 Å². The normalized spacial score (nSPS) is 16.8. The smallest absolute Gasteiger partial charge is 0.118 e. The average Bonchev–Trinajstić information content (AvgIpc) is 3.50. The topological polar surface area (TPSA) is 12.5 Å². The fourth-order valence-electron chi connectivity index (χ4n) is 3.83. The Hall–Kier alpha value is -2.06. The number of rotatable bonds is 9. The molecule has 1 saturated carbocycles. The van der Waals surface area contributed by atoms with E-state index in [2.05, 4.69) is 85.6 Å². The summed E-state index contributed by atoms with van der Waals surface area (Å²) in [7, 11) is 4.02. The van der Waals surface area contributed by atoms with E-state index in [1.165, 1.54) is 30.5 Å². The predicted octanol–water partition coefficient (Wildman–Crippen LogP) is 5.75. The number of hydrogen-bond donors (Lipinski definition) is 0. The Morgan fingerprint density at radius 1 is 1.08 bits per heavy atom. The molecule has 0 heterocycles. The Morgan fingerprint density at radius 2 is 1.77 bits per heavy atom. The van der Waals surface area contributed by atoms with Crippen molar-refractivity contribution < 1.29 is 4.74 Å². The van der Waals surface area contributed by atoms with Crippen LogP contribution in [0.1, 0.15) is 43.7 Å². The molecule has 2 aromatic carbocycles. The molecule has 2 nitrogen and oxygen atoms in total. The zero-order chi connectivity index (χ0) is 18.4. The maximum absolute atomic E-state index is 5.36. The monoisotopic (exact) mass is 349 g/mol. The summed E-state index contributed by atoms with van der Waals surface area (Å²) in [6, 6.07) is 19.2. The minimum absolute atomic E-state index is 0.0279. The van der Waals surface area contributed by atoms with Crippen molar-refractivity contribution in [3.63, 3.8) is 0 Å². The van der Waals surface area contributed by atoms with Gasteiger partial charge in [0.05, 0.1) is 7.11 Å². The van der Waals surface area contributed by atoms with Gasteiger partial charge < -0.3 is 4.74 Å². The van der Waals surface area contributed by atoms with Crippen molar-refractivity contribution in [1.29, 1.82) is 0 Å². The molecule has 0 bridgehead atoms. The highest BCUT2D eigenvalue weighted by Gasteiger charge is 2.36. The number of benzene rings is 2. The quantitative estimate of drug-likeness (QED) is 0.572. The van der Waals surface area contributed by atoms with Crippen LogP contribution in [0.2, 0.25) is 0 Å². The van der Waals surface area contributed by atoms with Crippen molar-refractivity contribution in [1.82, 2.24) is 4.90 Å². The van der Waals surface area contributed by atoms with Gasteiger partial charge in [0, 0.05) is 12.1 Å². The summed E-state index contributed by atoms with van der Waals surface area (Å²) in [6.45, 7) is 3.49. The fourth-order valence-corrected chi connectivity index (χ4v) is 3.83. The third-order valence-electron chi connectivity index (χ3n) is 5.74. The molecule has 0 radical (unpaired) electrons. The lowest BCUT2D eigenvalue weighted by molar-refractivity contribution is 0.108. The molecule has 1 unspecified atom stereocenters. The van der Waals surface area contributed by atoms with Crippen LogP contribution in [-0.4, -0.2) is 25.6 Å². The Labute approximate surface area is 158 Å². The van der Waals surface area contributed by atoms with Crippen molar-refractivity contribution in [2.75, 3.05) is 20.7 Å². The van der Waals surface area contributed by atoms with E-state index >= 15 is 0 Å². The average molecular weight is 350 g/mol. The maximum Gasteiger partial charge on any atom is 0.118 e. The molecule has 0 amide bonds. The molecule has 1 aliphatic carbocycles. The maximum atomic E-state index is 5.36. The molecular formula is C24H31NO. The Kier molecular flexibility index (Phi) is 6.16. The molecule has 0 saturated heterocycles. The highest BCUT2D eigenvalue weighted by Crippen LogP contribution is 2.39. The minimum Gasteiger partial charge on any atom is -0.497 e. The molecule has 1 aliphatic rings. The van der Waals surface area contributed by atoms with E-state index < -0.39 is 0 Å². The highest BCUT2D eigenvalue weighted by molar-refractivity contribution is 5.49. The van der Waals surface area contributed by atoms with E-state index in [0.717, 1.165) is 24.5 Å². The minimum atomic E-state index is 0.0279. The van der Waals surface area contributed by atoms with Gasteiger partial charge in [0.15, 0.2) is 0 Å². The van der Waals surface area contributed by atoms with Gasteiger partial charge in [-0.25, -0.2) is 0 Å². The second-order valence-corrected chi connectivity index (χ2v) is 7.45. The SMILES string of the molecule is CCC(CC=Cc1ccccc1)(c1ccc(OC)cc1)N(C)CC1CC1. The van der Waals surface area contributed by atoms with Crippen LogP contribution in [0.3, 0.4) is 0 Å². The number of nitrogens with zero attached hydrogens (tertiary/aromatic N) is 1. The number of ether oxygens (including phenoxy) is 1. The van der Waals surface area contributed by atoms with E-state index in [4.69, 9.17) is 4.74 Å². The van der Waals surface area contributed by atoms with Gasteiger partial charge in [-0.15, -0.1) is 0 Å². The number of methoxy groups -OCH3 is 1. The van der Waals surface area contributed by atoms with Crippen LogP contribution in [0.5, 0.6) is 5.75 Å². The fraction of sp³-hybridized carbons (Fsp3) is 0.417. The van der Waals surface area contributed by atoms with Crippen LogP contribution in [-0.2, 0) is 5.54 Å². The summed E-state index contributed by atoms with van der Waals surface area (Å²) in [4.78, 5) is 2.59. The Morgan fingerprint density at radius 3 is 2.35 bits per heavy atom. The molecule has 0 aliphatic heterocycles. The van der Waals surface area contributed by atoms with E-state index in [1.54, 1.807) is 7.11 Å². The van der Waals surface area contributed by atoms with Gasteiger partial charge in [-0.05, 0) is 61.9 Å². The predicted molar refractivity (Wildman–Crippen MR) is 110 cm³/mol. The Bertz CT molecular complexity index is 703. The zero-order valence-electron chi connectivity index (χ0n) is 16.3. The summed E-state index contributed by atoms with van der Waals surface area (Å²) in [5, 5.41) is 0. The first kappa shape index (κ1) is 18.7. The van der Waals surface area contributed by atoms with Gasteiger partial charge in [-0.3, -0.25) is 4.90 Å². The molecule has 3 rings (SSSR count). The van der Waals surface area contributed by atoms with E-state index in [9.17, 15) is 0 Å². The first-order valence-electron chi connectivity index (χ1n) is 9.75. The third kappa shape index (κ3) is 4.37. The molecule has 2 heteroatoms. The zero-order valence-corrected chi connectivity index (χ0v) is 16.3. The standard InChI is InChI=1S/C24H31NO/c1-4-24(25(2)19-21-12-13-21,22-14-16-23(26-3)17-15-22)18-8-11-20-9-6-5-7-10-20/h5-11,14-17,21H,4,12-13,18-19H2,1-3H3. The summed E-state index contributed by atoms with van der Waals surface area (Å²) < 4.78 is 5.36. The summed E-state index contributed by atoms with van der Waals surface area (Å²) >= 11 is 0. The lowest BCUT2D eigenvalue weighted by atomic mass is 9.82. The molecule has 0 aromatic heterocycles. The molecule has 0 spiro atoms. The van der Waals surface area contributed by atoms with Crippen molar-refractivity contribution in [3.8, 4) is 5.75 Å². The number of hydrogen-bond acceptors (Lipinski definition) is 2. The van der Waals surface area contributed by atoms with Crippen LogP contribution in [0.4, 0.5) is 0 Å². The van der Waals surface area contributed by atoms with Gasteiger partial charge in [0.2, 0.25) is 0 Å². The molecule has 1 fully saturated rings. The second kappa shape index (κ2) is 8.55. The molecule has 138 valence electrons. The molecule has 0 N–H and O–H groups in total. The first-order chi connectivity index (χ1) is 12.7. The second-order valence-electron chi connectivity index (χ2n) is 7.45. The molecule has 26 heavy (non-hydrogen) atoms. The van der Waals surface area contributed by atoms with Gasteiger partial charge >= 0.3 is 0 Å². The van der Waals surface area contributed by atoms with Crippen molar-refractivity contribution in [3.05, 3.63) is 71.8 Å². The largest absolute Gasteiger partial charge is 0.497 e. The van der Waals surface area contributed by atoms with E-state index in [-0.39, 0.29) is 5.54 Å². The van der Waals surface area contributed by atoms with Crippen LogP contribution >= 0.6 is 0 Å². The van der Waals surface area contributed by atoms with Crippen molar-refractivity contribution >= 4 is 6.08 Å². The lowest BCUT2D eigenvalue weighted by Gasteiger charge is -2.42. The summed E-state index contributed by atoms with van der Waals surface area (Å²) in [5.41, 5.74) is 2.67. The summed E-state index contributed by atoms with van der Waals surface area (Å²) in [6.07, 6.45) is 9.44. The highest BCUT2D eigenvalue weighted by atomic mass is 16.5. The lowest BCUT2D eigenvalue weighted by Crippen LogP contribution is -2.44. The van der Waals surface area contributed by atoms with E-state index in [1.807, 2.05) is 0 Å². The Balaban J connectivity index is 1.86. The van der Waals surface area contributed by atoms with Gasteiger partial charge in [0.25, 0.3) is 0 Å². The van der Waals surface area contributed by atoms with Gasteiger partial charge in [-0.2, -0.15) is 0 Å². The molecular weight excluding hydrogens is 318 g/mol. The van der Waals surface area contributed by atoms with Crippen LogP contribution in [0.15, 0.2) is 60.7 Å². The summed E-state index contributed by atoms with van der Waals surface area (Å²) in [5.74, 6) is 1.80. The van der Waals surface area contributed by atoms with Crippen molar-refractivity contribution in [2.24, 2.45) is 5.92 Å². The van der Waals surface area contributed by atoms with E-state index in [0.29, 0.717) is 0 Å². The first-order valence-corrected chi connectivity index (χ1v) is 9.75. The van der Waals surface area contributed by atoms with Crippen LogP contribution in [0.25, 0.3) is 6.08 Å². The van der Waals surface area contributed by atoms with Crippen molar-refractivity contribution in [2.45, 2.75) is 38.1 Å². The molecule has 2 aromatic rings. The third-order valence-corrected chi connectivity index (χ3v) is 5.74. The van der Waals surface area contributed by atoms with Gasteiger partial charge in [-0.1, -0.05) is 61.5 Å². The van der Waals surface area contributed by atoms with Crippen LogP contribution in [0, 0.1) is 5.92 Å². The van der Waals surface area contributed by atoms with Gasteiger partial charge in [0.1, 0.15) is 5.75 Å².